The van der Waals surface area contributed by atoms with E-state index in [1.165, 1.54) is 31.2 Å². The Morgan fingerprint density at radius 2 is 1.81 bits per heavy atom. The zero-order valence-corrected chi connectivity index (χ0v) is 16.3. The Hall–Kier alpha value is -2.00. The maximum absolute atomic E-state index is 12.4. The third-order valence-corrected chi connectivity index (χ3v) is 5.36. The largest absolute Gasteiger partial charge is 0.381 e. The van der Waals surface area contributed by atoms with E-state index in [1.54, 1.807) is 0 Å². The number of hydrogen-bond donors (Lipinski definition) is 2. The number of aryl methyl sites for hydroxylation is 2. The van der Waals surface area contributed by atoms with Gasteiger partial charge in [0.05, 0.1) is 0 Å². The summed E-state index contributed by atoms with van der Waals surface area (Å²) in [6.45, 7) is 4.83. The van der Waals surface area contributed by atoms with Crippen LogP contribution in [0.2, 0.25) is 5.02 Å². The first-order valence-corrected chi connectivity index (χ1v) is 9.78. The van der Waals surface area contributed by atoms with Crippen LogP contribution in [-0.4, -0.2) is 5.91 Å². The maximum atomic E-state index is 12.4. The molecule has 1 amide bonds. The van der Waals surface area contributed by atoms with Gasteiger partial charge in [-0.05, 0) is 67.5 Å². The van der Waals surface area contributed by atoms with Crippen molar-refractivity contribution in [2.24, 2.45) is 5.92 Å². The Balaban J connectivity index is 1.62. The number of hydrogen-bond acceptors (Lipinski definition) is 2. The number of carbonyl (C=O) groups excluding carboxylic acids is 1. The number of amides is 1. The van der Waals surface area contributed by atoms with Crippen LogP contribution in [0, 0.1) is 19.8 Å². The molecule has 1 aliphatic carbocycles. The van der Waals surface area contributed by atoms with Crippen molar-refractivity contribution < 1.29 is 4.79 Å². The molecule has 3 rings (SSSR count). The number of rotatable bonds is 6. The van der Waals surface area contributed by atoms with Crippen LogP contribution < -0.4 is 10.6 Å². The molecule has 0 atom stereocenters. The fourth-order valence-electron chi connectivity index (χ4n) is 3.82. The highest BCUT2D eigenvalue weighted by molar-refractivity contribution is 6.30. The Morgan fingerprint density at radius 1 is 1.12 bits per heavy atom. The van der Waals surface area contributed by atoms with E-state index in [-0.39, 0.29) is 5.91 Å². The zero-order valence-electron chi connectivity index (χ0n) is 15.6. The van der Waals surface area contributed by atoms with Gasteiger partial charge in [0, 0.05) is 29.4 Å². The maximum Gasteiger partial charge on any atom is 0.224 e. The lowest BCUT2D eigenvalue weighted by Crippen LogP contribution is -2.17. The number of carbonyl (C=O) groups is 1. The molecule has 0 radical (unpaired) electrons. The second-order valence-electron chi connectivity index (χ2n) is 7.37. The van der Waals surface area contributed by atoms with Crippen LogP contribution in [0.4, 0.5) is 11.4 Å². The van der Waals surface area contributed by atoms with Crippen molar-refractivity contribution in [1.29, 1.82) is 0 Å². The van der Waals surface area contributed by atoms with Gasteiger partial charge in [-0.25, -0.2) is 0 Å². The lowest BCUT2D eigenvalue weighted by molar-refractivity contribution is -0.117. The van der Waals surface area contributed by atoms with Crippen molar-refractivity contribution >= 4 is 28.9 Å². The van der Waals surface area contributed by atoms with Crippen LogP contribution >= 0.6 is 11.6 Å². The summed E-state index contributed by atoms with van der Waals surface area (Å²) in [6.07, 6.45) is 5.57. The van der Waals surface area contributed by atoms with Gasteiger partial charge in [-0.15, -0.1) is 0 Å². The third kappa shape index (κ3) is 5.01. The smallest absolute Gasteiger partial charge is 0.224 e. The van der Waals surface area contributed by atoms with E-state index >= 15 is 0 Å². The van der Waals surface area contributed by atoms with Gasteiger partial charge >= 0.3 is 0 Å². The molecule has 4 heteroatoms. The van der Waals surface area contributed by atoms with Crippen molar-refractivity contribution in [2.75, 3.05) is 10.6 Å². The van der Waals surface area contributed by atoms with Gasteiger partial charge in [-0.3, -0.25) is 4.79 Å². The van der Waals surface area contributed by atoms with Gasteiger partial charge in [-0.1, -0.05) is 42.6 Å². The SMILES string of the molecule is Cc1cc(CNc2cccc(Cl)c2)cc(C)c1NC(=O)CC1CCCC1. The molecule has 1 saturated carbocycles. The van der Waals surface area contributed by atoms with Gasteiger partial charge in [0.15, 0.2) is 0 Å². The summed E-state index contributed by atoms with van der Waals surface area (Å²) in [5.74, 6) is 0.713. The Morgan fingerprint density at radius 3 is 2.46 bits per heavy atom. The average molecular weight is 371 g/mol. The molecule has 0 bridgehead atoms. The van der Waals surface area contributed by atoms with Gasteiger partial charge in [0.2, 0.25) is 5.91 Å². The number of nitrogens with one attached hydrogen (secondary N) is 2. The van der Waals surface area contributed by atoms with E-state index in [2.05, 4.69) is 36.6 Å². The van der Waals surface area contributed by atoms with E-state index in [1.807, 2.05) is 24.3 Å². The normalized spacial score (nSPS) is 14.4. The summed E-state index contributed by atoms with van der Waals surface area (Å²) in [5.41, 5.74) is 5.36. The molecule has 2 aromatic carbocycles. The average Bonchev–Trinajstić information content (AvgIpc) is 3.09. The molecular weight excluding hydrogens is 344 g/mol. The number of halogens is 1. The minimum absolute atomic E-state index is 0.146. The molecule has 1 fully saturated rings. The first-order chi connectivity index (χ1) is 12.5. The molecule has 1 aliphatic rings. The topological polar surface area (TPSA) is 41.1 Å². The Bertz CT molecular complexity index is 758. The van der Waals surface area contributed by atoms with Crippen molar-refractivity contribution in [2.45, 2.75) is 52.5 Å². The number of benzene rings is 2. The second kappa shape index (κ2) is 8.59. The van der Waals surface area contributed by atoms with Crippen molar-refractivity contribution in [1.82, 2.24) is 0 Å². The standard InChI is InChI=1S/C22H27ClN2O/c1-15-10-18(14-24-20-9-5-8-19(23)13-20)11-16(2)22(15)25-21(26)12-17-6-3-4-7-17/h5,8-11,13,17,24H,3-4,6-7,12,14H2,1-2H3,(H,25,26). The summed E-state index contributed by atoms with van der Waals surface area (Å²) in [6, 6.07) is 12.0. The molecule has 3 nitrogen and oxygen atoms in total. The molecule has 0 aromatic heterocycles. The quantitative estimate of drug-likeness (QED) is 0.646. The Labute approximate surface area is 161 Å². The van der Waals surface area contributed by atoms with Crippen molar-refractivity contribution in [3.8, 4) is 0 Å². The van der Waals surface area contributed by atoms with Gasteiger partial charge in [0.1, 0.15) is 0 Å². The highest BCUT2D eigenvalue weighted by Crippen LogP contribution is 2.29. The fourth-order valence-corrected chi connectivity index (χ4v) is 4.01. The van der Waals surface area contributed by atoms with Crippen molar-refractivity contribution in [3.63, 3.8) is 0 Å². The summed E-state index contributed by atoms with van der Waals surface area (Å²) in [7, 11) is 0. The van der Waals surface area contributed by atoms with Gasteiger partial charge in [-0.2, -0.15) is 0 Å². The van der Waals surface area contributed by atoms with E-state index < -0.39 is 0 Å². The van der Waals surface area contributed by atoms with Gasteiger partial charge < -0.3 is 10.6 Å². The molecule has 0 saturated heterocycles. The molecule has 26 heavy (non-hydrogen) atoms. The van der Waals surface area contributed by atoms with Crippen LogP contribution in [0.3, 0.4) is 0 Å². The predicted molar refractivity (Wildman–Crippen MR) is 110 cm³/mol. The minimum Gasteiger partial charge on any atom is -0.381 e. The molecule has 0 unspecified atom stereocenters. The monoisotopic (exact) mass is 370 g/mol. The predicted octanol–water partition coefficient (Wildman–Crippen LogP) is 6.09. The molecule has 0 aliphatic heterocycles. The zero-order chi connectivity index (χ0) is 18.5. The van der Waals surface area contributed by atoms with Crippen LogP contribution in [0.1, 0.15) is 48.8 Å². The first kappa shape index (κ1) is 18.8. The lowest BCUT2D eigenvalue weighted by Gasteiger charge is -2.16. The minimum atomic E-state index is 0.146. The molecule has 2 N–H and O–H groups in total. The van der Waals surface area contributed by atoms with E-state index in [4.69, 9.17) is 11.6 Å². The third-order valence-electron chi connectivity index (χ3n) is 5.13. The van der Waals surface area contributed by atoms with Crippen LogP contribution in [0.15, 0.2) is 36.4 Å². The molecule has 138 valence electrons. The molecule has 2 aromatic rings. The van der Waals surface area contributed by atoms with E-state index in [9.17, 15) is 4.79 Å². The van der Waals surface area contributed by atoms with Crippen LogP contribution in [0.25, 0.3) is 0 Å². The number of anilines is 2. The van der Waals surface area contributed by atoms with Crippen molar-refractivity contribution in [3.05, 3.63) is 58.1 Å². The highest BCUT2D eigenvalue weighted by atomic mass is 35.5. The first-order valence-electron chi connectivity index (χ1n) is 9.40. The van der Waals surface area contributed by atoms with Crippen LogP contribution in [-0.2, 0) is 11.3 Å². The summed E-state index contributed by atoms with van der Waals surface area (Å²) >= 11 is 6.03. The lowest BCUT2D eigenvalue weighted by atomic mass is 10.0. The fraction of sp³-hybridized carbons (Fsp3) is 0.409. The second-order valence-corrected chi connectivity index (χ2v) is 7.81. The molecule has 0 spiro atoms. The molecule has 0 heterocycles. The summed E-state index contributed by atoms with van der Waals surface area (Å²) in [5, 5.41) is 7.25. The Kier molecular flexibility index (Phi) is 6.20. The highest BCUT2D eigenvalue weighted by Gasteiger charge is 2.19. The van der Waals surface area contributed by atoms with Crippen LogP contribution in [0.5, 0.6) is 0 Å². The summed E-state index contributed by atoms with van der Waals surface area (Å²) < 4.78 is 0. The van der Waals surface area contributed by atoms with E-state index in [0.717, 1.165) is 34.1 Å². The van der Waals surface area contributed by atoms with E-state index in [0.29, 0.717) is 12.3 Å². The van der Waals surface area contributed by atoms with Gasteiger partial charge in [0.25, 0.3) is 0 Å². The molecular formula is C22H27ClN2O. The summed E-state index contributed by atoms with van der Waals surface area (Å²) in [4.78, 5) is 12.4.